The van der Waals surface area contributed by atoms with Gasteiger partial charge < -0.3 is 5.73 Å². The third kappa shape index (κ3) is 3.59. The van der Waals surface area contributed by atoms with Crippen LogP contribution in [0.25, 0.3) is 0 Å². The molecule has 0 fully saturated rings. The van der Waals surface area contributed by atoms with Crippen molar-refractivity contribution < 1.29 is 9.18 Å². The molecule has 0 aliphatic rings. The van der Waals surface area contributed by atoms with Crippen molar-refractivity contribution in [2.75, 3.05) is 6.54 Å². The third-order valence-electron chi connectivity index (χ3n) is 2.56. The highest BCUT2D eigenvalue weighted by Crippen LogP contribution is 2.17. The molecule has 1 heterocycles. The zero-order valence-corrected chi connectivity index (χ0v) is 11.6. The number of hydrogen-bond donors (Lipinski definition) is 1. The van der Waals surface area contributed by atoms with Crippen LogP contribution in [0.4, 0.5) is 4.39 Å². The fourth-order valence-electron chi connectivity index (χ4n) is 1.61. The second-order valence-electron chi connectivity index (χ2n) is 4.00. The molecular formula is C13H12ClFN2OS. The predicted octanol–water partition coefficient (Wildman–Crippen LogP) is 2.86. The van der Waals surface area contributed by atoms with Crippen LogP contribution in [-0.2, 0) is 12.8 Å². The van der Waals surface area contributed by atoms with E-state index in [0.717, 1.165) is 5.01 Å². The largest absolute Gasteiger partial charge is 0.330 e. The smallest absolute Gasteiger partial charge is 0.186 e. The molecule has 0 aliphatic carbocycles. The van der Waals surface area contributed by atoms with Gasteiger partial charge in [-0.25, -0.2) is 9.37 Å². The molecule has 1 aromatic heterocycles. The minimum absolute atomic E-state index is 0.0190. The Labute approximate surface area is 119 Å². The Morgan fingerprint density at radius 3 is 2.95 bits per heavy atom. The molecule has 0 saturated heterocycles. The van der Waals surface area contributed by atoms with Crippen LogP contribution in [-0.4, -0.2) is 17.3 Å². The van der Waals surface area contributed by atoms with Gasteiger partial charge in [0, 0.05) is 23.2 Å². The highest BCUT2D eigenvalue weighted by molar-refractivity contribution is 7.09. The van der Waals surface area contributed by atoms with Gasteiger partial charge in [0.2, 0.25) is 0 Å². The van der Waals surface area contributed by atoms with E-state index in [4.69, 9.17) is 17.3 Å². The van der Waals surface area contributed by atoms with E-state index in [1.807, 2.05) is 0 Å². The summed E-state index contributed by atoms with van der Waals surface area (Å²) in [7, 11) is 0. The zero-order valence-electron chi connectivity index (χ0n) is 10.0. The molecule has 0 spiro atoms. The van der Waals surface area contributed by atoms with Crippen LogP contribution in [0.2, 0.25) is 5.02 Å². The van der Waals surface area contributed by atoms with Crippen LogP contribution in [0.5, 0.6) is 0 Å². The van der Waals surface area contributed by atoms with Crippen LogP contribution in [0.3, 0.4) is 0 Å². The van der Waals surface area contributed by atoms with E-state index >= 15 is 0 Å². The van der Waals surface area contributed by atoms with Crippen LogP contribution < -0.4 is 5.73 Å². The molecule has 1 aromatic carbocycles. The molecular weight excluding hydrogens is 287 g/mol. The van der Waals surface area contributed by atoms with Crippen molar-refractivity contribution in [3.8, 4) is 0 Å². The number of nitrogens with two attached hydrogens (primary N) is 1. The molecule has 2 aromatic rings. The molecule has 0 amide bonds. The van der Waals surface area contributed by atoms with Gasteiger partial charge in [-0.15, -0.1) is 11.3 Å². The molecule has 3 nitrogen and oxygen atoms in total. The maximum absolute atomic E-state index is 13.6. The van der Waals surface area contributed by atoms with Crippen molar-refractivity contribution >= 4 is 28.7 Å². The second-order valence-corrected chi connectivity index (χ2v) is 5.38. The first kappa shape index (κ1) is 14.1. The average molecular weight is 299 g/mol. The average Bonchev–Trinajstić information content (AvgIpc) is 2.82. The van der Waals surface area contributed by atoms with E-state index in [1.54, 1.807) is 11.4 Å². The molecule has 0 aliphatic heterocycles. The van der Waals surface area contributed by atoms with Crippen LogP contribution in [0.1, 0.15) is 21.1 Å². The number of halogens is 2. The van der Waals surface area contributed by atoms with E-state index in [2.05, 4.69) is 4.98 Å². The summed E-state index contributed by atoms with van der Waals surface area (Å²) >= 11 is 7.05. The fourth-order valence-corrected chi connectivity index (χ4v) is 2.58. The minimum Gasteiger partial charge on any atom is -0.330 e. The number of thiazole rings is 1. The van der Waals surface area contributed by atoms with Gasteiger partial charge in [-0.3, -0.25) is 4.79 Å². The Morgan fingerprint density at radius 2 is 2.26 bits per heavy atom. The van der Waals surface area contributed by atoms with Crippen molar-refractivity contribution in [2.45, 2.75) is 12.8 Å². The summed E-state index contributed by atoms with van der Waals surface area (Å²) in [6.07, 6.45) is 0.627. The molecule has 6 heteroatoms. The van der Waals surface area contributed by atoms with E-state index in [9.17, 15) is 9.18 Å². The number of rotatable bonds is 5. The Balaban J connectivity index is 2.11. The third-order valence-corrected chi connectivity index (χ3v) is 3.71. The fraction of sp³-hybridized carbons (Fsp3) is 0.231. The van der Waals surface area contributed by atoms with Gasteiger partial charge in [-0.05, 0) is 24.2 Å². The van der Waals surface area contributed by atoms with Crippen molar-refractivity contribution in [3.63, 3.8) is 0 Å². The lowest BCUT2D eigenvalue weighted by Crippen LogP contribution is -2.07. The summed E-state index contributed by atoms with van der Waals surface area (Å²) in [5.41, 5.74) is 6.11. The van der Waals surface area contributed by atoms with Crippen molar-refractivity contribution in [1.82, 2.24) is 4.98 Å². The van der Waals surface area contributed by atoms with Crippen molar-refractivity contribution in [1.29, 1.82) is 0 Å². The van der Waals surface area contributed by atoms with Gasteiger partial charge in [0.25, 0.3) is 0 Å². The molecule has 19 heavy (non-hydrogen) atoms. The first-order valence-electron chi connectivity index (χ1n) is 5.71. The quantitative estimate of drug-likeness (QED) is 0.864. The standard InChI is InChI=1S/C13H12ClFN2OS/c14-9-2-1-8(10(15)6-9)5-12(18)11-7-19-13(17-11)3-4-16/h1-2,6-7H,3-5,16H2. The minimum atomic E-state index is -0.474. The first-order chi connectivity index (χ1) is 9.10. The molecule has 0 saturated carbocycles. The van der Waals surface area contributed by atoms with Gasteiger partial charge in [0.15, 0.2) is 5.78 Å². The SMILES string of the molecule is NCCc1nc(C(=O)Cc2ccc(Cl)cc2F)cs1. The van der Waals surface area contributed by atoms with Gasteiger partial charge in [0.1, 0.15) is 11.5 Å². The number of nitrogens with zero attached hydrogens (tertiary/aromatic N) is 1. The summed E-state index contributed by atoms with van der Waals surface area (Å²) in [5.74, 6) is -0.681. The summed E-state index contributed by atoms with van der Waals surface area (Å²) in [6.45, 7) is 0.493. The van der Waals surface area contributed by atoms with Crippen LogP contribution in [0, 0.1) is 5.82 Å². The van der Waals surface area contributed by atoms with Crippen LogP contribution in [0.15, 0.2) is 23.6 Å². The van der Waals surface area contributed by atoms with Gasteiger partial charge in [0.05, 0.1) is 5.01 Å². The second kappa shape index (κ2) is 6.23. The van der Waals surface area contributed by atoms with Gasteiger partial charge in [-0.2, -0.15) is 0 Å². The molecule has 0 radical (unpaired) electrons. The van der Waals surface area contributed by atoms with E-state index < -0.39 is 5.82 Å². The topological polar surface area (TPSA) is 56.0 Å². The zero-order chi connectivity index (χ0) is 13.8. The number of ketones is 1. The molecule has 0 unspecified atom stereocenters. The summed E-state index contributed by atoms with van der Waals surface area (Å²) in [5, 5.41) is 2.82. The summed E-state index contributed by atoms with van der Waals surface area (Å²) in [6, 6.07) is 4.28. The van der Waals surface area contributed by atoms with E-state index in [-0.39, 0.29) is 12.2 Å². The van der Waals surface area contributed by atoms with Crippen molar-refractivity contribution in [2.24, 2.45) is 5.73 Å². The number of carbonyl (C=O) groups excluding carboxylic acids is 1. The number of aromatic nitrogens is 1. The normalized spacial score (nSPS) is 10.7. The Kier molecular flexibility index (Phi) is 4.63. The predicted molar refractivity (Wildman–Crippen MR) is 74.3 cm³/mol. The van der Waals surface area contributed by atoms with E-state index in [0.29, 0.717) is 29.2 Å². The lowest BCUT2D eigenvalue weighted by Gasteiger charge is -2.01. The highest BCUT2D eigenvalue weighted by Gasteiger charge is 2.14. The summed E-state index contributed by atoms with van der Waals surface area (Å²) < 4.78 is 13.6. The molecule has 100 valence electrons. The highest BCUT2D eigenvalue weighted by atomic mass is 35.5. The Bertz CT molecular complexity index is 600. The number of benzene rings is 1. The molecule has 0 atom stereocenters. The monoisotopic (exact) mass is 298 g/mol. The maximum atomic E-state index is 13.6. The number of hydrogen-bond acceptors (Lipinski definition) is 4. The van der Waals surface area contributed by atoms with Crippen LogP contribution >= 0.6 is 22.9 Å². The molecule has 2 rings (SSSR count). The molecule has 0 bridgehead atoms. The molecule has 2 N–H and O–H groups in total. The number of carbonyl (C=O) groups is 1. The summed E-state index contributed by atoms with van der Waals surface area (Å²) in [4.78, 5) is 16.2. The van der Waals surface area contributed by atoms with Crippen molar-refractivity contribution in [3.05, 3.63) is 50.7 Å². The Morgan fingerprint density at radius 1 is 1.47 bits per heavy atom. The first-order valence-corrected chi connectivity index (χ1v) is 6.97. The van der Waals surface area contributed by atoms with Gasteiger partial charge in [-0.1, -0.05) is 17.7 Å². The van der Waals surface area contributed by atoms with E-state index in [1.165, 1.54) is 23.5 Å². The Hall–Kier alpha value is -1.30. The maximum Gasteiger partial charge on any atom is 0.186 e. The van der Waals surface area contributed by atoms with Gasteiger partial charge >= 0.3 is 0 Å². The lowest BCUT2D eigenvalue weighted by atomic mass is 10.1. The lowest BCUT2D eigenvalue weighted by molar-refractivity contribution is 0.0987. The number of Topliss-reactive ketones (excluding diaryl/α,β-unsaturated/α-hetero) is 1.